The number of fused-ring (bicyclic) bond motifs is 1. The van der Waals surface area contributed by atoms with Crippen LogP contribution in [0.2, 0.25) is 0 Å². The molecule has 0 atom stereocenters. The zero-order chi connectivity index (χ0) is 7.68. The molecule has 11 heavy (non-hydrogen) atoms. The number of rotatable bonds is 1. The van der Waals surface area contributed by atoms with Crippen LogP contribution in [0.1, 0.15) is 17.5 Å². The van der Waals surface area contributed by atoms with Crippen LogP contribution in [0.25, 0.3) is 11.6 Å². The van der Waals surface area contributed by atoms with E-state index in [4.69, 9.17) is 6.42 Å². The van der Waals surface area contributed by atoms with Gasteiger partial charge in [-0.1, -0.05) is 24.3 Å². The SMILES string of the molecule is C#CCC1=Cc2ccccc21. The highest BCUT2D eigenvalue weighted by atomic mass is 14.2. The van der Waals surface area contributed by atoms with E-state index < -0.39 is 0 Å². The third kappa shape index (κ3) is 0.860. The van der Waals surface area contributed by atoms with Crippen molar-refractivity contribution in [1.29, 1.82) is 0 Å². The highest BCUT2D eigenvalue weighted by Gasteiger charge is 2.12. The van der Waals surface area contributed by atoms with Gasteiger partial charge in [-0.05, 0) is 22.8 Å². The van der Waals surface area contributed by atoms with Gasteiger partial charge in [0.2, 0.25) is 0 Å². The Kier molecular flexibility index (Phi) is 1.30. The summed E-state index contributed by atoms with van der Waals surface area (Å²) in [4.78, 5) is 0. The summed E-state index contributed by atoms with van der Waals surface area (Å²) in [5.74, 6) is 2.64. The Bertz CT molecular complexity index is 351. The number of hydrogen-bond acceptors (Lipinski definition) is 0. The minimum Gasteiger partial charge on any atom is -0.120 e. The number of allylic oxidation sites excluding steroid dienone is 1. The van der Waals surface area contributed by atoms with Crippen LogP contribution in [0.5, 0.6) is 0 Å². The Morgan fingerprint density at radius 1 is 1.27 bits per heavy atom. The maximum Gasteiger partial charge on any atom is 0.0344 e. The highest BCUT2D eigenvalue weighted by Crippen LogP contribution is 2.33. The molecule has 1 aromatic rings. The predicted molar refractivity (Wildman–Crippen MR) is 47.8 cm³/mol. The molecule has 52 valence electrons. The Labute approximate surface area is 66.6 Å². The summed E-state index contributed by atoms with van der Waals surface area (Å²) >= 11 is 0. The van der Waals surface area contributed by atoms with Crippen LogP contribution in [0.3, 0.4) is 0 Å². The van der Waals surface area contributed by atoms with Crippen molar-refractivity contribution in [3.63, 3.8) is 0 Å². The second kappa shape index (κ2) is 2.29. The summed E-state index contributed by atoms with van der Waals surface area (Å²) in [5.41, 5.74) is 3.94. The zero-order valence-electron chi connectivity index (χ0n) is 6.17. The lowest BCUT2D eigenvalue weighted by Gasteiger charge is -2.17. The maximum absolute atomic E-state index is 5.21. The molecule has 0 radical (unpaired) electrons. The van der Waals surface area contributed by atoms with Crippen LogP contribution in [-0.4, -0.2) is 0 Å². The quantitative estimate of drug-likeness (QED) is 0.526. The van der Waals surface area contributed by atoms with Crippen molar-refractivity contribution in [2.45, 2.75) is 6.42 Å². The van der Waals surface area contributed by atoms with E-state index >= 15 is 0 Å². The molecule has 0 saturated carbocycles. The lowest BCUT2D eigenvalue weighted by atomic mass is 9.87. The summed E-state index contributed by atoms with van der Waals surface area (Å²) in [5, 5.41) is 0. The molecule has 0 bridgehead atoms. The van der Waals surface area contributed by atoms with Gasteiger partial charge in [0.15, 0.2) is 0 Å². The van der Waals surface area contributed by atoms with Crippen molar-refractivity contribution in [1.82, 2.24) is 0 Å². The number of terminal acetylenes is 1. The van der Waals surface area contributed by atoms with Gasteiger partial charge < -0.3 is 0 Å². The minimum absolute atomic E-state index is 0.761. The van der Waals surface area contributed by atoms with Crippen LogP contribution in [0.4, 0.5) is 0 Å². The molecule has 1 aliphatic carbocycles. The van der Waals surface area contributed by atoms with Gasteiger partial charge in [-0.15, -0.1) is 12.3 Å². The third-order valence-electron chi connectivity index (χ3n) is 1.93. The minimum atomic E-state index is 0.761. The fraction of sp³-hybridized carbons (Fsp3) is 0.0909. The average molecular weight is 140 g/mol. The van der Waals surface area contributed by atoms with Gasteiger partial charge in [-0.2, -0.15) is 0 Å². The molecule has 1 aliphatic rings. The molecule has 0 aromatic heterocycles. The van der Waals surface area contributed by atoms with E-state index in [1.54, 1.807) is 0 Å². The largest absolute Gasteiger partial charge is 0.120 e. The van der Waals surface area contributed by atoms with Crippen LogP contribution < -0.4 is 0 Å². The van der Waals surface area contributed by atoms with Crippen molar-refractivity contribution in [3.05, 3.63) is 35.4 Å². The fourth-order valence-corrected chi connectivity index (χ4v) is 1.36. The van der Waals surface area contributed by atoms with Crippen molar-refractivity contribution < 1.29 is 0 Å². The summed E-state index contributed by atoms with van der Waals surface area (Å²) in [6, 6.07) is 8.31. The summed E-state index contributed by atoms with van der Waals surface area (Å²) in [6.45, 7) is 0. The lowest BCUT2D eigenvalue weighted by Crippen LogP contribution is -1.96. The van der Waals surface area contributed by atoms with Crippen molar-refractivity contribution in [2.24, 2.45) is 0 Å². The molecule has 0 spiro atoms. The lowest BCUT2D eigenvalue weighted by molar-refractivity contribution is 1.40. The molecule has 0 heteroatoms. The van der Waals surface area contributed by atoms with Gasteiger partial charge in [0.05, 0.1) is 0 Å². The topological polar surface area (TPSA) is 0 Å². The number of benzene rings is 1. The van der Waals surface area contributed by atoms with E-state index in [0.717, 1.165) is 6.42 Å². The fourth-order valence-electron chi connectivity index (χ4n) is 1.36. The van der Waals surface area contributed by atoms with Crippen molar-refractivity contribution in [3.8, 4) is 12.3 Å². The molecule has 0 saturated heterocycles. The van der Waals surface area contributed by atoms with Gasteiger partial charge in [-0.25, -0.2) is 0 Å². The Morgan fingerprint density at radius 3 is 2.82 bits per heavy atom. The first-order valence-corrected chi connectivity index (χ1v) is 3.65. The molecular formula is C11H8. The molecule has 0 N–H and O–H groups in total. The van der Waals surface area contributed by atoms with Gasteiger partial charge in [0, 0.05) is 6.42 Å². The summed E-state index contributed by atoms with van der Waals surface area (Å²) in [6.07, 6.45) is 8.11. The standard InChI is InChI=1S/C11H8/c1-2-5-9-8-10-6-3-4-7-11(9)10/h1,3-4,6-8H,5H2. The van der Waals surface area contributed by atoms with Gasteiger partial charge in [-0.3, -0.25) is 0 Å². The van der Waals surface area contributed by atoms with Crippen LogP contribution in [-0.2, 0) is 0 Å². The van der Waals surface area contributed by atoms with E-state index in [-0.39, 0.29) is 0 Å². The normalized spacial score (nSPS) is 12.5. The average Bonchev–Trinajstić information content (AvgIpc) is 2.01. The van der Waals surface area contributed by atoms with Crippen LogP contribution in [0.15, 0.2) is 24.3 Å². The first-order valence-electron chi connectivity index (χ1n) is 3.65. The van der Waals surface area contributed by atoms with Crippen molar-refractivity contribution in [2.75, 3.05) is 0 Å². The molecule has 1 aromatic carbocycles. The molecule has 0 fully saturated rings. The second-order valence-corrected chi connectivity index (χ2v) is 2.64. The molecule has 0 aliphatic heterocycles. The summed E-state index contributed by atoms with van der Waals surface area (Å²) in [7, 11) is 0. The molecule has 0 nitrogen and oxygen atoms in total. The molecule has 0 unspecified atom stereocenters. The smallest absolute Gasteiger partial charge is 0.0344 e. The van der Waals surface area contributed by atoms with E-state index in [1.807, 2.05) is 12.1 Å². The first kappa shape index (κ1) is 6.24. The predicted octanol–water partition coefficient (Wildman–Crippen LogP) is 2.56. The van der Waals surface area contributed by atoms with Gasteiger partial charge in [0.1, 0.15) is 0 Å². The molecule has 2 rings (SSSR count). The molecule has 0 amide bonds. The van der Waals surface area contributed by atoms with E-state index in [9.17, 15) is 0 Å². The first-order chi connectivity index (χ1) is 5.42. The maximum atomic E-state index is 5.21. The molecular weight excluding hydrogens is 132 g/mol. The highest BCUT2D eigenvalue weighted by molar-refractivity contribution is 5.96. The van der Waals surface area contributed by atoms with E-state index in [2.05, 4.69) is 24.1 Å². The van der Waals surface area contributed by atoms with E-state index in [0.29, 0.717) is 0 Å². The Hall–Kier alpha value is -1.48. The van der Waals surface area contributed by atoms with E-state index in [1.165, 1.54) is 16.7 Å². The number of hydrogen-bond donors (Lipinski definition) is 0. The molecule has 0 heterocycles. The summed E-state index contributed by atoms with van der Waals surface area (Å²) < 4.78 is 0. The van der Waals surface area contributed by atoms with Gasteiger partial charge in [0.25, 0.3) is 0 Å². The second-order valence-electron chi connectivity index (χ2n) is 2.64. The monoisotopic (exact) mass is 140 g/mol. The Balaban J connectivity index is 2.33. The van der Waals surface area contributed by atoms with Crippen molar-refractivity contribution >= 4 is 11.6 Å². The van der Waals surface area contributed by atoms with Gasteiger partial charge >= 0.3 is 0 Å². The zero-order valence-corrected chi connectivity index (χ0v) is 6.17. The Morgan fingerprint density at radius 2 is 2.09 bits per heavy atom. The van der Waals surface area contributed by atoms with Crippen LogP contribution >= 0.6 is 0 Å². The van der Waals surface area contributed by atoms with Crippen LogP contribution in [0, 0.1) is 12.3 Å². The third-order valence-corrected chi connectivity index (χ3v) is 1.93.